The van der Waals surface area contributed by atoms with E-state index < -0.39 is 5.41 Å². The van der Waals surface area contributed by atoms with E-state index in [1.165, 1.54) is 0 Å². The van der Waals surface area contributed by atoms with Gasteiger partial charge in [-0.2, -0.15) is 5.10 Å². The molecule has 2 atom stereocenters. The lowest BCUT2D eigenvalue weighted by atomic mass is 10.0. The molecule has 2 N–H and O–H groups in total. The maximum absolute atomic E-state index is 13.1. The second-order valence-electron chi connectivity index (χ2n) is 8.73. The minimum absolute atomic E-state index is 0.0654. The maximum Gasteiger partial charge on any atom is 0.234 e. The molecule has 168 valence electrons. The molecule has 0 radical (unpaired) electrons. The topological polar surface area (TPSA) is 103 Å². The Balaban J connectivity index is 1.41. The van der Waals surface area contributed by atoms with Crippen LogP contribution in [0.5, 0.6) is 5.75 Å². The minimum atomic E-state index is -0.429. The fourth-order valence-corrected chi connectivity index (χ4v) is 4.75. The molecular formula is C24H24N6O3. The van der Waals surface area contributed by atoms with Crippen molar-refractivity contribution < 1.29 is 14.3 Å². The highest BCUT2D eigenvalue weighted by molar-refractivity contribution is 6.18. The first-order chi connectivity index (χ1) is 16.1. The number of rotatable bonds is 5. The zero-order valence-electron chi connectivity index (χ0n) is 18.5. The van der Waals surface area contributed by atoms with Crippen LogP contribution in [-0.2, 0) is 16.6 Å². The number of aromatic nitrogens is 3. The summed E-state index contributed by atoms with van der Waals surface area (Å²) in [5.41, 5.74) is 4.45. The van der Waals surface area contributed by atoms with Gasteiger partial charge in [-0.25, -0.2) is 4.98 Å². The third-order valence-electron chi connectivity index (χ3n) is 6.66. The first-order valence-electron chi connectivity index (χ1n) is 11.0. The third kappa shape index (κ3) is 3.19. The SMILES string of the molecule is COc1cc2c(nc1NC(=O)[C@]13COC[C@H]1C3)C(c1cn(C)nc1-c1ccccc1)=NCN2. The fraction of sp³-hybridized carbons (Fsp3) is 0.333. The number of pyridine rings is 1. The number of aryl methyl sites for hydroxylation is 1. The van der Waals surface area contributed by atoms with Crippen molar-refractivity contribution >= 4 is 23.1 Å². The summed E-state index contributed by atoms with van der Waals surface area (Å²) in [5, 5.41) is 10.9. The van der Waals surface area contributed by atoms with Crippen LogP contribution in [0.2, 0.25) is 0 Å². The van der Waals surface area contributed by atoms with Crippen LogP contribution in [0.1, 0.15) is 17.7 Å². The Morgan fingerprint density at radius 3 is 2.88 bits per heavy atom. The molecule has 2 aromatic heterocycles. The summed E-state index contributed by atoms with van der Waals surface area (Å²) >= 11 is 0. The predicted molar refractivity (Wildman–Crippen MR) is 124 cm³/mol. The summed E-state index contributed by atoms with van der Waals surface area (Å²) in [6, 6.07) is 11.9. The number of amides is 1. The van der Waals surface area contributed by atoms with Gasteiger partial charge in [-0.15, -0.1) is 0 Å². The number of anilines is 2. The number of nitrogens with zero attached hydrogens (tertiary/aromatic N) is 4. The van der Waals surface area contributed by atoms with Crippen LogP contribution in [0.15, 0.2) is 47.6 Å². The molecule has 1 aliphatic carbocycles. The predicted octanol–water partition coefficient (Wildman–Crippen LogP) is 2.69. The number of carbonyl (C=O) groups excluding carboxylic acids is 1. The summed E-state index contributed by atoms with van der Waals surface area (Å²) in [4.78, 5) is 22.6. The van der Waals surface area contributed by atoms with Gasteiger partial charge in [-0.3, -0.25) is 14.5 Å². The quantitative estimate of drug-likeness (QED) is 0.627. The van der Waals surface area contributed by atoms with Crippen molar-refractivity contribution in [2.75, 3.05) is 37.6 Å². The van der Waals surface area contributed by atoms with Crippen molar-refractivity contribution in [2.45, 2.75) is 6.42 Å². The zero-order chi connectivity index (χ0) is 22.6. The Hall–Kier alpha value is -3.72. The van der Waals surface area contributed by atoms with Crippen LogP contribution in [0.3, 0.4) is 0 Å². The van der Waals surface area contributed by atoms with Crippen LogP contribution in [-0.4, -0.2) is 53.4 Å². The molecule has 1 saturated carbocycles. The molecule has 4 heterocycles. The van der Waals surface area contributed by atoms with Crippen LogP contribution < -0.4 is 15.4 Å². The van der Waals surface area contributed by atoms with E-state index in [1.807, 2.05) is 49.6 Å². The van der Waals surface area contributed by atoms with E-state index >= 15 is 0 Å². The number of hydrogen-bond donors (Lipinski definition) is 2. The van der Waals surface area contributed by atoms with E-state index in [1.54, 1.807) is 11.8 Å². The Morgan fingerprint density at radius 2 is 2.15 bits per heavy atom. The molecule has 2 aliphatic heterocycles. The van der Waals surface area contributed by atoms with Crippen LogP contribution in [0.4, 0.5) is 11.5 Å². The Morgan fingerprint density at radius 1 is 1.30 bits per heavy atom. The second kappa shape index (κ2) is 7.41. The smallest absolute Gasteiger partial charge is 0.234 e. The Kier molecular flexibility index (Phi) is 4.48. The van der Waals surface area contributed by atoms with Gasteiger partial charge in [-0.05, 0) is 6.42 Å². The second-order valence-corrected chi connectivity index (χ2v) is 8.73. The number of carbonyl (C=O) groups is 1. The van der Waals surface area contributed by atoms with Crippen molar-refractivity contribution in [1.29, 1.82) is 0 Å². The molecule has 3 aliphatic rings. The number of nitrogens with one attached hydrogen (secondary N) is 2. The average Bonchev–Trinajstić information content (AvgIpc) is 3.18. The van der Waals surface area contributed by atoms with Crippen LogP contribution in [0, 0.1) is 11.3 Å². The van der Waals surface area contributed by atoms with Gasteiger partial charge in [0.15, 0.2) is 11.6 Å². The van der Waals surface area contributed by atoms with Crippen molar-refractivity contribution in [3.63, 3.8) is 0 Å². The largest absolute Gasteiger partial charge is 0.493 e. The van der Waals surface area contributed by atoms with Gasteiger partial charge in [0, 0.05) is 36.4 Å². The van der Waals surface area contributed by atoms with E-state index in [9.17, 15) is 4.79 Å². The van der Waals surface area contributed by atoms with E-state index in [-0.39, 0.29) is 5.91 Å². The van der Waals surface area contributed by atoms with E-state index in [0.717, 1.165) is 34.6 Å². The molecule has 6 rings (SSSR count). The molecule has 33 heavy (non-hydrogen) atoms. The molecule has 1 aromatic carbocycles. The molecular weight excluding hydrogens is 420 g/mol. The first-order valence-corrected chi connectivity index (χ1v) is 11.0. The van der Waals surface area contributed by atoms with Gasteiger partial charge in [0.2, 0.25) is 5.91 Å². The molecule has 0 bridgehead atoms. The molecule has 9 nitrogen and oxygen atoms in total. The molecule has 2 fully saturated rings. The molecule has 1 saturated heterocycles. The molecule has 3 aromatic rings. The van der Waals surface area contributed by atoms with Gasteiger partial charge in [0.1, 0.15) is 18.1 Å². The zero-order valence-corrected chi connectivity index (χ0v) is 18.5. The lowest BCUT2D eigenvalue weighted by molar-refractivity contribution is -0.121. The van der Waals surface area contributed by atoms with Crippen molar-refractivity contribution in [1.82, 2.24) is 14.8 Å². The number of fused-ring (bicyclic) bond motifs is 2. The standard InChI is InChI=1S/C24H24N6O3/c1-30-10-16(19(29-30)14-6-4-3-5-7-14)20-21-17(25-13-26-20)8-18(32-2)22(27-21)28-23(31)24-9-15(24)11-33-12-24/h3-8,10,15,25H,9,11-13H2,1-2H3,(H,27,28,31)/t15-,24-/m1/s1. The number of benzene rings is 1. The summed E-state index contributed by atoms with van der Waals surface area (Å²) in [7, 11) is 3.46. The van der Waals surface area contributed by atoms with E-state index in [4.69, 9.17) is 19.5 Å². The summed E-state index contributed by atoms with van der Waals surface area (Å²) in [6.07, 6.45) is 2.81. The summed E-state index contributed by atoms with van der Waals surface area (Å²) < 4.78 is 12.8. The number of aliphatic imine (C=N–C) groups is 1. The van der Waals surface area contributed by atoms with E-state index in [0.29, 0.717) is 43.1 Å². The minimum Gasteiger partial charge on any atom is -0.493 e. The van der Waals surface area contributed by atoms with Crippen molar-refractivity contribution in [2.24, 2.45) is 23.4 Å². The molecule has 0 unspecified atom stereocenters. The molecule has 9 heteroatoms. The van der Waals surface area contributed by atoms with Crippen molar-refractivity contribution in [3.05, 3.63) is 53.9 Å². The van der Waals surface area contributed by atoms with Crippen LogP contribution >= 0.6 is 0 Å². The lowest BCUT2D eigenvalue weighted by Gasteiger charge is -2.21. The lowest BCUT2D eigenvalue weighted by Crippen LogP contribution is -2.28. The van der Waals surface area contributed by atoms with E-state index in [2.05, 4.69) is 15.7 Å². The van der Waals surface area contributed by atoms with Gasteiger partial charge < -0.3 is 20.1 Å². The summed E-state index contributed by atoms with van der Waals surface area (Å²) in [6.45, 7) is 1.51. The van der Waals surface area contributed by atoms with Crippen LogP contribution in [0.25, 0.3) is 11.3 Å². The highest BCUT2D eigenvalue weighted by atomic mass is 16.5. The maximum atomic E-state index is 13.1. The molecule has 0 spiro atoms. The fourth-order valence-electron chi connectivity index (χ4n) is 4.75. The van der Waals surface area contributed by atoms with Gasteiger partial charge in [0.25, 0.3) is 0 Å². The number of hydrogen-bond acceptors (Lipinski definition) is 7. The number of methoxy groups -OCH3 is 1. The highest BCUT2D eigenvalue weighted by Gasteiger charge is 2.63. The first kappa shape index (κ1) is 19.9. The Bertz CT molecular complexity index is 1280. The molecule has 1 amide bonds. The Labute approximate surface area is 190 Å². The van der Waals surface area contributed by atoms with Crippen molar-refractivity contribution in [3.8, 4) is 17.0 Å². The van der Waals surface area contributed by atoms with Gasteiger partial charge in [-0.1, -0.05) is 30.3 Å². The normalized spacial score (nSPS) is 22.6. The third-order valence-corrected chi connectivity index (χ3v) is 6.66. The average molecular weight is 444 g/mol. The van der Waals surface area contributed by atoms with Gasteiger partial charge >= 0.3 is 0 Å². The summed E-state index contributed by atoms with van der Waals surface area (Å²) in [5.74, 6) is 1.11. The highest BCUT2D eigenvalue weighted by Crippen LogP contribution is 2.57. The number of ether oxygens (including phenoxy) is 2. The monoisotopic (exact) mass is 444 g/mol. The van der Waals surface area contributed by atoms with Gasteiger partial charge in [0.05, 0.1) is 37.1 Å².